The first-order chi connectivity index (χ1) is 4.81. The van der Waals surface area contributed by atoms with Crippen molar-refractivity contribution in [3.05, 3.63) is 36.5 Å². The second kappa shape index (κ2) is 6.30. The highest BCUT2D eigenvalue weighted by Crippen LogP contribution is 1.97. The van der Waals surface area contributed by atoms with Gasteiger partial charge in [-0.2, -0.15) is 0 Å². The van der Waals surface area contributed by atoms with Crippen LogP contribution in [-0.2, 0) is 0 Å². The minimum atomic E-state index is 0.680. The molecule has 0 spiro atoms. The monoisotopic (exact) mass is 137 g/mol. The van der Waals surface area contributed by atoms with Crippen molar-refractivity contribution >= 4 is 0 Å². The Labute approximate surface area is 62.9 Å². The summed E-state index contributed by atoms with van der Waals surface area (Å²) in [5.74, 6) is 0. The van der Waals surface area contributed by atoms with Gasteiger partial charge in [-0.1, -0.05) is 36.5 Å². The highest BCUT2D eigenvalue weighted by atomic mass is 14.5. The first kappa shape index (κ1) is 9.18. The number of rotatable bonds is 4. The van der Waals surface area contributed by atoms with Crippen LogP contribution in [0.4, 0.5) is 0 Å². The molecule has 0 amide bonds. The molecule has 1 heteroatoms. The maximum absolute atomic E-state index is 5.32. The number of allylic oxidation sites excluding steroid dienone is 4. The Balaban J connectivity index is 3.56. The molecule has 0 radical (unpaired) electrons. The van der Waals surface area contributed by atoms with Crippen molar-refractivity contribution in [2.45, 2.75) is 13.3 Å². The molecule has 0 aromatic carbocycles. The molecule has 0 saturated heterocycles. The fraction of sp³-hybridized carbons (Fsp3) is 0.333. The Kier molecular flexibility index (Phi) is 5.79. The van der Waals surface area contributed by atoms with Gasteiger partial charge in [-0.3, -0.25) is 0 Å². The summed E-state index contributed by atoms with van der Waals surface area (Å²) in [4.78, 5) is 0. The van der Waals surface area contributed by atoms with Crippen molar-refractivity contribution in [2.75, 3.05) is 6.54 Å². The van der Waals surface area contributed by atoms with Crippen molar-refractivity contribution in [1.82, 2.24) is 0 Å². The smallest absolute Gasteiger partial charge is 0.00369 e. The lowest BCUT2D eigenvalue weighted by Crippen LogP contribution is -1.97. The van der Waals surface area contributed by atoms with Crippen LogP contribution in [-0.4, -0.2) is 6.54 Å². The van der Waals surface area contributed by atoms with E-state index in [1.165, 1.54) is 0 Å². The molecular formula is C9H15N. The zero-order chi connectivity index (χ0) is 7.82. The number of hydrogen-bond donors (Lipinski definition) is 1. The van der Waals surface area contributed by atoms with Gasteiger partial charge in [-0.25, -0.2) is 0 Å². The third-order valence-corrected chi connectivity index (χ3v) is 1.10. The van der Waals surface area contributed by atoms with E-state index in [1.54, 1.807) is 0 Å². The van der Waals surface area contributed by atoms with Crippen LogP contribution in [0.15, 0.2) is 36.5 Å². The van der Waals surface area contributed by atoms with E-state index in [4.69, 9.17) is 5.73 Å². The molecule has 2 N–H and O–H groups in total. The molecule has 0 bridgehead atoms. The van der Waals surface area contributed by atoms with E-state index in [0.29, 0.717) is 6.54 Å². The normalized spacial score (nSPS) is 11.4. The van der Waals surface area contributed by atoms with Crippen LogP contribution >= 0.6 is 0 Å². The van der Waals surface area contributed by atoms with E-state index >= 15 is 0 Å². The Morgan fingerprint density at radius 1 is 1.50 bits per heavy atom. The minimum absolute atomic E-state index is 0.680. The maximum atomic E-state index is 5.32. The molecule has 10 heavy (non-hydrogen) atoms. The molecule has 0 aliphatic rings. The lowest BCUT2D eigenvalue weighted by Gasteiger charge is -1.92. The van der Waals surface area contributed by atoms with Gasteiger partial charge < -0.3 is 5.73 Å². The van der Waals surface area contributed by atoms with E-state index in [9.17, 15) is 0 Å². The van der Waals surface area contributed by atoms with E-state index in [1.807, 2.05) is 31.2 Å². The maximum Gasteiger partial charge on any atom is -0.00369 e. The Hall–Kier alpha value is -0.820. The summed E-state index contributed by atoms with van der Waals surface area (Å²) in [6.07, 6.45) is 8.78. The van der Waals surface area contributed by atoms with Crippen LogP contribution in [0.3, 0.4) is 0 Å². The van der Waals surface area contributed by atoms with E-state index in [-0.39, 0.29) is 0 Å². The van der Waals surface area contributed by atoms with Crippen molar-refractivity contribution in [1.29, 1.82) is 0 Å². The second-order valence-electron chi connectivity index (χ2n) is 2.08. The zero-order valence-electron chi connectivity index (χ0n) is 6.51. The Bertz CT molecular complexity index is 143. The molecule has 56 valence electrons. The van der Waals surface area contributed by atoms with Gasteiger partial charge in [0.15, 0.2) is 0 Å². The van der Waals surface area contributed by atoms with Gasteiger partial charge in [0.1, 0.15) is 0 Å². The van der Waals surface area contributed by atoms with Crippen LogP contribution in [0.25, 0.3) is 0 Å². The fourth-order valence-corrected chi connectivity index (χ4v) is 0.571. The van der Waals surface area contributed by atoms with Gasteiger partial charge in [0, 0.05) is 0 Å². The van der Waals surface area contributed by atoms with E-state index in [2.05, 4.69) is 6.58 Å². The second-order valence-corrected chi connectivity index (χ2v) is 2.08. The minimum Gasteiger partial charge on any atom is -0.330 e. The fourth-order valence-electron chi connectivity index (χ4n) is 0.571. The molecule has 0 aliphatic carbocycles. The van der Waals surface area contributed by atoms with Gasteiger partial charge in [0.25, 0.3) is 0 Å². The summed E-state index contributed by atoms with van der Waals surface area (Å²) >= 11 is 0. The molecule has 0 heterocycles. The summed E-state index contributed by atoms with van der Waals surface area (Å²) in [6.45, 7) is 6.48. The van der Waals surface area contributed by atoms with Gasteiger partial charge in [0.2, 0.25) is 0 Å². The van der Waals surface area contributed by atoms with Crippen LogP contribution in [0, 0.1) is 0 Å². The largest absolute Gasteiger partial charge is 0.330 e. The standard InChI is InChI=1S/C9H15N/c1-3-4-5-6-9(2)7-8-10/h3-6H,2,7-8,10H2,1H3. The zero-order valence-corrected chi connectivity index (χ0v) is 6.51. The van der Waals surface area contributed by atoms with Crippen LogP contribution in [0.1, 0.15) is 13.3 Å². The molecule has 0 aromatic rings. The highest BCUT2D eigenvalue weighted by Gasteiger charge is 1.82. The van der Waals surface area contributed by atoms with Crippen LogP contribution < -0.4 is 5.73 Å². The van der Waals surface area contributed by atoms with E-state index in [0.717, 1.165) is 12.0 Å². The number of hydrogen-bond acceptors (Lipinski definition) is 1. The summed E-state index contributed by atoms with van der Waals surface area (Å²) in [5.41, 5.74) is 6.40. The lowest BCUT2D eigenvalue weighted by atomic mass is 10.2. The first-order valence-electron chi connectivity index (χ1n) is 3.48. The Morgan fingerprint density at radius 3 is 2.70 bits per heavy atom. The molecule has 0 aromatic heterocycles. The molecule has 0 atom stereocenters. The molecule has 1 nitrogen and oxygen atoms in total. The number of nitrogens with two attached hydrogens (primary N) is 1. The van der Waals surface area contributed by atoms with Gasteiger partial charge in [-0.05, 0) is 19.9 Å². The van der Waals surface area contributed by atoms with Crippen LogP contribution in [0.2, 0.25) is 0 Å². The predicted molar refractivity (Wildman–Crippen MR) is 46.8 cm³/mol. The van der Waals surface area contributed by atoms with Crippen molar-refractivity contribution in [3.63, 3.8) is 0 Å². The van der Waals surface area contributed by atoms with Gasteiger partial charge >= 0.3 is 0 Å². The average Bonchev–Trinajstić information content (AvgIpc) is 1.89. The summed E-state index contributed by atoms with van der Waals surface area (Å²) < 4.78 is 0. The van der Waals surface area contributed by atoms with Gasteiger partial charge in [-0.15, -0.1) is 0 Å². The molecule has 0 fully saturated rings. The molecule has 0 saturated carbocycles. The van der Waals surface area contributed by atoms with Gasteiger partial charge in [0.05, 0.1) is 0 Å². The molecule has 0 unspecified atom stereocenters. The van der Waals surface area contributed by atoms with E-state index < -0.39 is 0 Å². The quantitative estimate of drug-likeness (QED) is 0.589. The van der Waals surface area contributed by atoms with Crippen molar-refractivity contribution in [3.8, 4) is 0 Å². The summed E-state index contributed by atoms with van der Waals surface area (Å²) in [5, 5.41) is 0. The predicted octanol–water partition coefficient (Wildman–Crippen LogP) is 2.02. The third-order valence-electron chi connectivity index (χ3n) is 1.10. The average molecular weight is 137 g/mol. The first-order valence-corrected chi connectivity index (χ1v) is 3.48. The third kappa shape index (κ3) is 5.32. The lowest BCUT2D eigenvalue weighted by molar-refractivity contribution is 0.977. The highest BCUT2D eigenvalue weighted by molar-refractivity contribution is 5.18. The van der Waals surface area contributed by atoms with Crippen LogP contribution in [0.5, 0.6) is 0 Å². The van der Waals surface area contributed by atoms with Crippen molar-refractivity contribution < 1.29 is 0 Å². The molecule has 0 aliphatic heterocycles. The summed E-state index contributed by atoms with van der Waals surface area (Å²) in [6, 6.07) is 0. The Morgan fingerprint density at radius 2 is 2.20 bits per heavy atom. The SMILES string of the molecule is C=C(C=CC=CC)CCN. The molecule has 0 rings (SSSR count). The van der Waals surface area contributed by atoms with Crippen molar-refractivity contribution in [2.24, 2.45) is 5.73 Å². The molecular weight excluding hydrogens is 122 g/mol. The summed E-state index contributed by atoms with van der Waals surface area (Å²) in [7, 11) is 0. The topological polar surface area (TPSA) is 26.0 Å².